The second-order valence-electron chi connectivity index (χ2n) is 9.65. The lowest BCUT2D eigenvalue weighted by molar-refractivity contribution is 0.411. The van der Waals surface area contributed by atoms with E-state index in [-0.39, 0.29) is 5.75 Å². The number of rotatable bonds is 9. The Hall–Kier alpha value is -4.16. The van der Waals surface area contributed by atoms with Gasteiger partial charge in [-0.25, -0.2) is 0 Å². The molecular weight excluding hydrogens is 512 g/mol. The molecule has 0 fully saturated rings. The molecule has 6 heteroatoms. The molecule has 4 aromatic carbocycles. The van der Waals surface area contributed by atoms with Gasteiger partial charge in [0.2, 0.25) is 0 Å². The van der Waals surface area contributed by atoms with Gasteiger partial charge in [-0.2, -0.15) is 0 Å². The number of hydrogen-bond acceptors (Lipinski definition) is 5. The maximum atomic E-state index is 10.7. The lowest BCUT2D eigenvalue weighted by atomic mass is 10.1. The fraction of sp³-hybridized carbons (Fsp3) is 0.235. The van der Waals surface area contributed by atoms with E-state index < -0.39 is 8.07 Å². The van der Waals surface area contributed by atoms with Crippen LogP contribution in [0, 0.1) is 6.92 Å². The quantitative estimate of drug-likeness (QED) is 0.162. The number of benzene rings is 4. The van der Waals surface area contributed by atoms with E-state index in [1.807, 2.05) is 79.7 Å². The smallest absolute Gasteiger partial charge is 0.127 e. The van der Waals surface area contributed by atoms with Gasteiger partial charge in [0, 0.05) is 23.6 Å². The van der Waals surface area contributed by atoms with Gasteiger partial charge in [-0.05, 0) is 60.1 Å². The SMILES string of the molecule is CC[Si](CC)(CC)c1cccc(C=Nc2ccccc2)c1O.COc1cc(C)c(O)c(C=Nc2ccccc2)c1. The van der Waals surface area contributed by atoms with Crippen molar-refractivity contribution in [2.45, 2.75) is 45.8 Å². The van der Waals surface area contributed by atoms with Crippen LogP contribution in [0.15, 0.2) is 101 Å². The number of methoxy groups -OCH3 is 1. The van der Waals surface area contributed by atoms with Gasteiger partial charge >= 0.3 is 0 Å². The van der Waals surface area contributed by atoms with Crippen LogP contribution >= 0.6 is 0 Å². The molecule has 0 heterocycles. The van der Waals surface area contributed by atoms with Crippen LogP contribution in [-0.4, -0.2) is 37.8 Å². The second-order valence-corrected chi connectivity index (χ2v) is 14.9. The minimum Gasteiger partial charge on any atom is -0.507 e. The molecule has 0 spiro atoms. The van der Waals surface area contributed by atoms with Crippen molar-refractivity contribution >= 4 is 37.1 Å². The summed E-state index contributed by atoms with van der Waals surface area (Å²) in [6.07, 6.45) is 3.41. The molecule has 0 saturated carbocycles. The predicted molar refractivity (Wildman–Crippen MR) is 172 cm³/mol. The molecule has 5 nitrogen and oxygen atoms in total. The first kappa shape index (κ1) is 30.4. The molecule has 0 aliphatic rings. The highest BCUT2D eigenvalue weighted by Gasteiger charge is 2.32. The first-order chi connectivity index (χ1) is 19.4. The zero-order valence-corrected chi connectivity index (χ0v) is 25.1. The van der Waals surface area contributed by atoms with Crippen molar-refractivity contribution in [3.05, 3.63) is 108 Å². The fourth-order valence-corrected chi connectivity index (χ4v) is 8.46. The number of nitrogens with zero attached hydrogens (tertiary/aromatic N) is 2. The Balaban J connectivity index is 0.000000225. The number of aliphatic imine (C=N–C) groups is 2. The molecule has 0 radical (unpaired) electrons. The van der Waals surface area contributed by atoms with E-state index in [0.717, 1.165) is 40.6 Å². The molecule has 0 bridgehead atoms. The second kappa shape index (κ2) is 14.8. The normalized spacial score (nSPS) is 11.4. The average Bonchev–Trinajstić information content (AvgIpc) is 3.00. The van der Waals surface area contributed by atoms with E-state index in [9.17, 15) is 10.2 Å². The van der Waals surface area contributed by atoms with Gasteiger partial charge in [0.05, 0.1) is 26.6 Å². The van der Waals surface area contributed by atoms with E-state index in [1.165, 1.54) is 5.19 Å². The summed E-state index contributed by atoms with van der Waals surface area (Å²) in [4.78, 5) is 8.78. The Morgan fingerprint density at radius 2 is 1.20 bits per heavy atom. The van der Waals surface area contributed by atoms with Crippen molar-refractivity contribution in [2.75, 3.05) is 7.11 Å². The third-order valence-corrected chi connectivity index (χ3v) is 13.0. The van der Waals surface area contributed by atoms with Gasteiger partial charge in [0.1, 0.15) is 17.2 Å². The minimum atomic E-state index is -1.59. The summed E-state index contributed by atoms with van der Waals surface area (Å²) in [7, 11) is 0.0117. The lowest BCUT2D eigenvalue weighted by Crippen LogP contribution is -2.46. The summed E-state index contributed by atoms with van der Waals surface area (Å²) in [6.45, 7) is 8.59. The molecule has 0 saturated heterocycles. The summed E-state index contributed by atoms with van der Waals surface area (Å²) in [5, 5.41) is 21.9. The molecule has 0 aliphatic heterocycles. The summed E-state index contributed by atoms with van der Waals surface area (Å²) >= 11 is 0. The molecule has 0 atom stereocenters. The van der Waals surface area contributed by atoms with Gasteiger partial charge in [-0.1, -0.05) is 87.4 Å². The van der Waals surface area contributed by atoms with Crippen molar-refractivity contribution in [3.8, 4) is 17.2 Å². The van der Waals surface area contributed by atoms with Gasteiger partial charge in [0.15, 0.2) is 0 Å². The molecule has 40 heavy (non-hydrogen) atoms. The van der Waals surface area contributed by atoms with E-state index in [0.29, 0.717) is 17.1 Å². The summed E-state index contributed by atoms with van der Waals surface area (Å²) in [6, 6.07) is 32.5. The molecule has 0 aliphatic carbocycles. The summed E-state index contributed by atoms with van der Waals surface area (Å²) in [5.41, 5.74) is 3.97. The average molecular weight is 553 g/mol. The van der Waals surface area contributed by atoms with E-state index in [1.54, 1.807) is 31.7 Å². The molecule has 0 amide bonds. The zero-order valence-electron chi connectivity index (χ0n) is 24.1. The largest absolute Gasteiger partial charge is 0.507 e. The van der Waals surface area contributed by atoms with Crippen molar-refractivity contribution in [1.82, 2.24) is 0 Å². The minimum absolute atomic E-state index is 0.232. The fourth-order valence-electron chi connectivity index (χ4n) is 4.72. The van der Waals surface area contributed by atoms with Crippen LogP contribution < -0.4 is 9.92 Å². The maximum absolute atomic E-state index is 10.7. The first-order valence-corrected chi connectivity index (χ1v) is 16.4. The van der Waals surface area contributed by atoms with Crippen molar-refractivity contribution in [2.24, 2.45) is 9.98 Å². The van der Waals surface area contributed by atoms with Crippen LogP contribution in [0.4, 0.5) is 11.4 Å². The third kappa shape index (κ3) is 7.70. The summed E-state index contributed by atoms with van der Waals surface area (Å²) in [5.74, 6) is 1.37. The highest BCUT2D eigenvalue weighted by molar-refractivity contribution is 6.92. The third-order valence-electron chi connectivity index (χ3n) is 7.43. The Morgan fingerprint density at radius 3 is 1.70 bits per heavy atom. The van der Waals surface area contributed by atoms with Gasteiger partial charge in [-0.3, -0.25) is 9.98 Å². The molecule has 0 aromatic heterocycles. The van der Waals surface area contributed by atoms with Crippen molar-refractivity contribution in [1.29, 1.82) is 0 Å². The number of para-hydroxylation sites is 3. The number of phenols is 2. The van der Waals surface area contributed by atoms with E-state index >= 15 is 0 Å². The number of phenolic OH excluding ortho intramolecular Hbond substituents is 2. The Labute approximate surface area is 239 Å². The van der Waals surface area contributed by atoms with E-state index in [4.69, 9.17) is 4.74 Å². The molecule has 208 valence electrons. The standard InChI is InChI=1S/C19H25NOSi.C15H15NO2/c1-4-22(5-2,6-3)18-14-10-11-16(19(18)21)15-20-17-12-8-7-9-13-17;1-11-8-14(18-2)9-12(15(11)17)10-16-13-6-4-3-5-7-13/h7-15,21H,4-6H2,1-3H3;3-10,17H,1-2H3. The Kier molecular flexibility index (Phi) is 11.3. The van der Waals surface area contributed by atoms with Gasteiger partial charge in [0.25, 0.3) is 0 Å². The lowest BCUT2D eigenvalue weighted by Gasteiger charge is -2.29. The van der Waals surface area contributed by atoms with Crippen LogP contribution in [-0.2, 0) is 0 Å². The molecular formula is C34H40N2O3Si. The molecule has 4 aromatic rings. The van der Waals surface area contributed by atoms with Crippen LogP contribution in [0.3, 0.4) is 0 Å². The molecule has 2 N–H and O–H groups in total. The van der Waals surface area contributed by atoms with Crippen molar-refractivity contribution < 1.29 is 14.9 Å². The van der Waals surface area contributed by atoms with Crippen molar-refractivity contribution in [3.63, 3.8) is 0 Å². The Bertz CT molecular complexity index is 1410. The molecule has 0 unspecified atom stereocenters. The first-order valence-electron chi connectivity index (χ1n) is 13.8. The zero-order chi connectivity index (χ0) is 29.0. The van der Waals surface area contributed by atoms with Crippen LogP contribution in [0.5, 0.6) is 17.2 Å². The van der Waals surface area contributed by atoms with Gasteiger partial charge < -0.3 is 14.9 Å². The maximum Gasteiger partial charge on any atom is 0.127 e. The van der Waals surface area contributed by atoms with Crippen LogP contribution in [0.2, 0.25) is 18.1 Å². The highest BCUT2D eigenvalue weighted by atomic mass is 28.3. The van der Waals surface area contributed by atoms with Crippen LogP contribution in [0.1, 0.15) is 37.5 Å². The molecule has 4 rings (SSSR count). The number of aryl methyl sites for hydroxylation is 1. The monoisotopic (exact) mass is 552 g/mol. The number of ether oxygens (including phenoxy) is 1. The van der Waals surface area contributed by atoms with Gasteiger partial charge in [-0.15, -0.1) is 0 Å². The number of hydrogen-bond donors (Lipinski definition) is 2. The van der Waals surface area contributed by atoms with Crippen LogP contribution in [0.25, 0.3) is 0 Å². The highest BCUT2D eigenvalue weighted by Crippen LogP contribution is 2.28. The Morgan fingerprint density at radius 1 is 0.675 bits per heavy atom. The topological polar surface area (TPSA) is 74.4 Å². The number of aromatic hydroxyl groups is 2. The van der Waals surface area contributed by atoms with E-state index in [2.05, 4.69) is 36.8 Å². The predicted octanol–water partition coefficient (Wildman–Crippen LogP) is 8.32. The summed E-state index contributed by atoms with van der Waals surface area (Å²) < 4.78 is 5.17.